The molecule has 2 aliphatic rings. The molecule has 2 fully saturated rings. The van der Waals surface area contributed by atoms with Crippen LogP contribution in [-0.2, 0) is 6.42 Å². The number of hydrogen-bond acceptors (Lipinski definition) is 4. The molecule has 0 radical (unpaired) electrons. The lowest BCUT2D eigenvalue weighted by Crippen LogP contribution is -2.42. The molecule has 0 bridgehead atoms. The maximum atomic E-state index is 12.7. The molecule has 0 N–H and O–H groups in total. The van der Waals surface area contributed by atoms with Gasteiger partial charge in [0.25, 0.3) is 5.91 Å². The first-order chi connectivity index (χ1) is 13.6. The Morgan fingerprint density at radius 1 is 1.29 bits per heavy atom. The zero-order valence-electron chi connectivity index (χ0n) is 16.4. The first-order valence-electron chi connectivity index (χ1n) is 10.3. The van der Waals surface area contributed by atoms with Crippen LogP contribution >= 0.6 is 11.6 Å². The molecule has 1 aliphatic heterocycles. The molecular formula is C22H28ClN3O2. The first-order valence-corrected chi connectivity index (χ1v) is 10.6. The minimum absolute atomic E-state index is 0.0334. The third-order valence-electron chi connectivity index (χ3n) is 5.84. The second kappa shape index (κ2) is 8.66. The van der Waals surface area contributed by atoms with Crippen molar-refractivity contribution < 1.29 is 9.32 Å². The number of carbonyl (C=O) groups is 1. The van der Waals surface area contributed by atoms with Crippen LogP contribution in [0, 0.1) is 5.92 Å². The zero-order chi connectivity index (χ0) is 19.5. The lowest BCUT2D eigenvalue weighted by molar-refractivity contribution is 0.0720. The average molecular weight is 402 g/mol. The second-order valence-corrected chi connectivity index (χ2v) is 8.70. The summed E-state index contributed by atoms with van der Waals surface area (Å²) < 4.78 is 5.33. The Kier molecular flexibility index (Phi) is 6.02. The van der Waals surface area contributed by atoms with Crippen LogP contribution in [0.3, 0.4) is 0 Å². The van der Waals surface area contributed by atoms with Crippen molar-refractivity contribution in [2.45, 2.75) is 38.0 Å². The van der Waals surface area contributed by atoms with Gasteiger partial charge in [-0.2, -0.15) is 0 Å². The quantitative estimate of drug-likeness (QED) is 0.696. The summed E-state index contributed by atoms with van der Waals surface area (Å²) in [4.78, 5) is 17.0. The van der Waals surface area contributed by atoms with Crippen LogP contribution < -0.4 is 0 Å². The molecule has 0 spiro atoms. The van der Waals surface area contributed by atoms with Crippen LogP contribution in [0.25, 0.3) is 0 Å². The van der Waals surface area contributed by atoms with E-state index in [4.69, 9.17) is 16.1 Å². The van der Waals surface area contributed by atoms with E-state index in [1.807, 2.05) is 30.1 Å². The van der Waals surface area contributed by atoms with Gasteiger partial charge in [-0.15, -0.1) is 0 Å². The molecule has 28 heavy (non-hydrogen) atoms. The predicted octanol–water partition coefficient (Wildman–Crippen LogP) is 4.23. The summed E-state index contributed by atoms with van der Waals surface area (Å²) in [5, 5.41) is 4.77. The number of likely N-dealkylation sites (tertiary alicyclic amines) is 1. The smallest absolute Gasteiger partial charge is 0.275 e. The van der Waals surface area contributed by atoms with E-state index in [-0.39, 0.29) is 5.91 Å². The number of aromatic nitrogens is 1. The van der Waals surface area contributed by atoms with E-state index in [0.717, 1.165) is 56.2 Å². The average Bonchev–Trinajstić information content (AvgIpc) is 3.44. The zero-order valence-corrected chi connectivity index (χ0v) is 17.2. The van der Waals surface area contributed by atoms with E-state index in [1.165, 1.54) is 18.4 Å². The molecule has 1 aliphatic carbocycles. The van der Waals surface area contributed by atoms with Gasteiger partial charge in [0.15, 0.2) is 5.69 Å². The number of halogens is 1. The van der Waals surface area contributed by atoms with Crippen molar-refractivity contribution in [3.8, 4) is 0 Å². The van der Waals surface area contributed by atoms with Crippen molar-refractivity contribution in [1.29, 1.82) is 0 Å². The fourth-order valence-electron chi connectivity index (χ4n) is 4.06. The summed E-state index contributed by atoms with van der Waals surface area (Å²) in [5.41, 5.74) is 1.76. The Labute approximate surface area is 171 Å². The molecule has 150 valence electrons. The molecule has 1 aromatic carbocycles. The van der Waals surface area contributed by atoms with Crippen LogP contribution in [-0.4, -0.2) is 54.1 Å². The molecule has 1 atom stereocenters. The maximum absolute atomic E-state index is 12.7. The topological polar surface area (TPSA) is 49.6 Å². The third kappa shape index (κ3) is 4.95. The number of nitrogens with zero attached hydrogens (tertiary/aromatic N) is 3. The Bertz CT molecular complexity index is 800. The molecule has 6 heteroatoms. The summed E-state index contributed by atoms with van der Waals surface area (Å²) in [6, 6.07) is 9.94. The van der Waals surface area contributed by atoms with Gasteiger partial charge >= 0.3 is 0 Å². The number of amides is 1. The van der Waals surface area contributed by atoms with Crippen molar-refractivity contribution in [2.75, 3.05) is 33.2 Å². The van der Waals surface area contributed by atoms with Crippen molar-refractivity contribution >= 4 is 17.5 Å². The van der Waals surface area contributed by atoms with Crippen LogP contribution in [0.5, 0.6) is 0 Å². The number of rotatable bonds is 7. The Morgan fingerprint density at radius 2 is 2.07 bits per heavy atom. The van der Waals surface area contributed by atoms with Crippen LogP contribution in [0.15, 0.2) is 34.9 Å². The van der Waals surface area contributed by atoms with E-state index in [0.29, 0.717) is 17.5 Å². The monoisotopic (exact) mass is 401 g/mol. The third-order valence-corrected chi connectivity index (χ3v) is 6.09. The largest absolute Gasteiger partial charge is 0.360 e. The standard InChI is InChI=1S/C22H28ClN3O2/c1-25(22(27)20-13-21(28-24-20)18-6-7-18)14-17-3-2-11-26(15-17)12-10-16-4-8-19(23)9-5-16/h4-5,8-9,13,17-18H,2-3,6-7,10-12,14-15H2,1H3. The maximum Gasteiger partial charge on any atom is 0.275 e. The minimum Gasteiger partial charge on any atom is -0.360 e. The summed E-state index contributed by atoms with van der Waals surface area (Å²) in [6.45, 7) is 3.98. The molecule has 1 saturated heterocycles. The predicted molar refractivity (Wildman–Crippen MR) is 110 cm³/mol. The minimum atomic E-state index is -0.0334. The summed E-state index contributed by atoms with van der Waals surface area (Å²) >= 11 is 5.96. The van der Waals surface area contributed by atoms with Crippen molar-refractivity contribution in [3.05, 3.63) is 52.4 Å². The van der Waals surface area contributed by atoms with Gasteiger partial charge in [0.2, 0.25) is 0 Å². The first kappa shape index (κ1) is 19.5. The van der Waals surface area contributed by atoms with Gasteiger partial charge in [0, 0.05) is 43.7 Å². The molecule has 1 unspecified atom stereocenters. The van der Waals surface area contributed by atoms with E-state index >= 15 is 0 Å². The van der Waals surface area contributed by atoms with Gasteiger partial charge in [-0.25, -0.2) is 0 Å². The molecule has 1 saturated carbocycles. The molecular weight excluding hydrogens is 374 g/mol. The molecule has 4 rings (SSSR count). The van der Waals surface area contributed by atoms with Gasteiger partial charge in [0.1, 0.15) is 5.76 Å². The number of benzene rings is 1. The van der Waals surface area contributed by atoms with Gasteiger partial charge in [0.05, 0.1) is 0 Å². The highest BCUT2D eigenvalue weighted by molar-refractivity contribution is 6.30. The SMILES string of the molecule is CN(CC1CCCN(CCc2ccc(Cl)cc2)C1)C(=O)c1cc(C2CC2)on1. The molecule has 1 aromatic heterocycles. The van der Waals surface area contributed by atoms with Gasteiger partial charge in [-0.1, -0.05) is 28.9 Å². The normalized spacial score (nSPS) is 20.3. The van der Waals surface area contributed by atoms with E-state index < -0.39 is 0 Å². The van der Waals surface area contributed by atoms with Crippen molar-refractivity contribution in [3.63, 3.8) is 0 Å². The number of piperidine rings is 1. The van der Waals surface area contributed by atoms with Gasteiger partial charge in [-0.05, 0) is 62.3 Å². The van der Waals surface area contributed by atoms with Crippen molar-refractivity contribution in [2.24, 2.45) is 5.92 Å². The fourth-order valence-corrected chi connectivity index (χ4v) is 4.18. The van der Waals surface area contributed by atoms with Gasteiger partial charge in [-0.3, -0.25) is 4.79 Å². The molecule has 5 nitrogen and oxygen atoms in total. The molecule has 2 aromatic rings. The summed E-state index contributed by atoms with van der Waals surface area (Å²) in [6.07, 6.45) is 5.67. The lowest BCUT2D eigenvalue weighted by Gasteiger charge is -2.34. The van der Waals surface area contributed by atoms with E-state index in [1.54, 1.807) is 0 Å². The van der Waals surface area contributed by atoms with E-state index in [2.05, 4.69) is 22.2 Å². The summed E-state index contributed by atoms with van der Waals surface area (Å²) in [5.74, 6) is 1.81. The van der Waals surface area contributed by atoms with E-state index in [9.17, 15) is 4.79 Å². The lowest BCUT2D eigenvalue weighted by atomic mass is 9.97. The van der Waals surface area contributed by atoms with Gasteiger partial charge < -0.3 is 14.3 Å². The highest BCUT2D eigenvalue weighted by Crippen LogP contribution is 2.40. The van der Waals surface area contributed by atoms with Crippen molar-refractivity contribution in [1.82, 2.24) is 15.0 Å². The Balaban J connectivity index is 1.26. The molecule has 2 heterocycles. The molecule has 1 amide bonds. The van der Waals surface area contributed by atoms with Crippen LogP contribution in [0.2, 0.25) is 5.02 Å². The Hall–Kier alpha value is -1.85. The van der Waals surface area contributed by atoms with Crippen LogP contribution in [0.1, 0.15) is 53.4 Å². The number of carbonyl (C=O) groups excluding carboxylic acids is 1. The fraction of sp³-hybridized carbons (Fsp3) is 0.545. The second-order valence-electron chi connectivity index (χ2n) is 8.26. The van der Waals surface area contributed by atoms with Crippen LogP contribution in [0.4, 0.5) is 0 Å². The summed E-state index contributed by atoms with van der Waals surface area (Å²) in [7, 11) is 1.88. The number of hydrogen-bond donors (Lipinski definition) is 0. The highest BCUT2D eigenvalue weighted by atomic mass is 35.5. The highest BCUT2D eigenvalue weighted by Gasteiger charge is 2.30. The Morgan fingerprint density at radius 3 is 2.82 bits per heavy atom.